The summed E-state index contributed by atoms with van der Waals surface area (Å²) in [5.74, 6) is 0.132. The molecular formula is C21H29N3O3. The van der Waals surface area contributed by atoms with Crippen LogP contribution in [0.25, 0.3) is 0 Å². The fraction of sp³-hybridized carbons (Fsp3) is 0.619. The van der Waals surface area contributed by atoms with Gasteiger partial charge in [-0.05, 0) is 44.7 Å². The van der Waals surface area contributed by atoms with Crippen molar-refractivity contribution in [1.29, 1.82) is 0 Å². The van der Waals surface area contributed by atoms with Gasteiger partial charge in [0.1, 0.15) is 0 Å². The minimum Gasteiger partial charge on any atom is -0.390 e. The summed E-state index contributed by atoms with van der Waals surface area (Å²) in [6, 6.07) is 5.47. The van der Waals surface area contributed by atoms with Crippen molar-refractivity contribution in [1.82, 2.24) is 9.80 Å². The van der Waals surface area contributed by atoms with Crippen molar-refractivity contribution in [3.8, 4) is 0 Å². The lowest BCUT2D eigenvalue weighted by atomic mass is 9.72. The first-order valence-electron chi connectivity index (χ1n) is 10.1. The molecule has 2 heterocycles. The molecule has 146 valence electrons. The number of carbonyl (C=O) groups is 2. The number of urea groups is 1. The van der Waals surface area contributed by atoms with Crippen molar-refractivity contribution < 1.29 is 14.7 Å². The normalized spacial score (nSPS) is 30.6. The van der Waals surface area contributed by atoms with Gasteiger partial charge < -0.3 is 20.2 Å². The SMILES string of the molecule is CN1Cc2c(NC(=O)N3CCCC3C3CCCCC3(C)O)cccc2C1=O. The lowest BCUT2D eigenvalue weighted by molar-refractivity contribution is -0.0557. The van der Waals surface area contributed by atoms with Crippen LogP contribution in [0.2, 0.25) is 0 Å². The summed E-state index contributed by atoms with van der Waals surface area (Å²) in [7, 11) is 1.77. The Morgan fingerprint density at radius 3 is 2.85 bits per heavy atom. The number of nitrogens with one attached hydrogen (secondary N) is 1. The van der Waals surface area contributed by atoms with Gasteiger partial charge in [0.25, 0.3) is 5.91 Å². The highest BCUT2D eigenvalue weighted by Crippen LogP contribution is 2.41. The third-order valence-corrected chi connectivity index (χ3v) is 6.66. The summed E-state index contributed by atoms with van der Waals surface area (Å²) in [5.41, 5.74) is 1.58. The largest absolute Gasteiger partial charge is 0.390 e. The second kappa shape index (κ2) is 6.82. The van der Waals surface area contributed by atoms with Gasteiger partial charge in [-0.25, -0.2) is 4.79 Å². The van der Waals surface area contributed by atoms with Gasteiger partial charge >= 0.3 is 6.03 Å². The number of amides is 3. The summed E-state index contributed by atoms with van der Waals surface area (Å²) >= 11 is 0. The topological polar surface area (TPSA) is 72.9 Å². The van der Waals surface area contributed by atoms with Crippen LogP contribution in [0.3, 0.4) is 0 Å². The van der Waals surface area contributed by atoms with Crippen molar-refractivity contribution in [2.75, 3.05) is 18.9 Å². The maximum absolute atomic E-state index is 13.1. The van der Waals surface area contributed by atoms with E-state index < -0.39 is 5.60 Å². The number of hydrogen-bond acceptors (Lipinski definition) is 3. The maximum Gasteiger partial charge on any atom is 0.322 e. The van der Waals surface area contributed by atoms with Crippen LogP contribution >= 0.6 is 0 Å². The van der Waals surface area contributed by atoms with Crippen molar-refractivity contribution in [2.45, 2.75) is 63.6 Å². The zero-order chi connectivity index (χ0) is 19.2. The van der Waals surface area contributed by atoms with Crippen molar-refractivity contribution in [3.05, 3.63) is 29.3 Å². The van der Waals surface area contributed by atoms with E-state index in [-0.39, 0.29) is 23.9 Å². The lowest BCUT2D eigenvalue weighted by Crippen LogP contribution is -2.51. The van der Waals surface area contributed by atoms with Crippen LogP contribution in [0.4, 0.5) is 10.5 Å². The molecule has 0 bridgehead atoms. The monoisotopic (exact) mass is 371 g/mol. The predicted molar refractivity (Wildman–Crippen MR) is 104 cm³/mol. The van der Waals surface area contributed by atoms with E-state index in [0.29, 0.717) is 12.1 Å². The molecule has 3 amide bonds. The molecule has 0 aromatic heterocycles. The van der Waals surface area contributed by atoms with E-state index >= 15 is 0 Å². The number of benzene rings is 1. The van der Waals surface area contributed by atoms with E-state index in [2.05, 4.69) is 5.32 Å². The molecule has 2 fully saturated rings. The number of hydrogen-bond donors (Lipinski definition) is 2. The first kappa shape index (κ1) is 18.3. The Kier molecular flexibility index (Phi) is 4.62. The van der Waals surface area contributed by atoms with Crippen LogP contribution in [0.5, 0.6) is 0 Å². The number of nitrogens with zero attached hydrogens (tertiary/aromatic N) is 2. The highest BCUT2D eigenvalue weighted by molar-refractivity contribution is 6.01. The maximum atomic E-state index is 13.1. The van der Waals surface area contributed by atoms with Gasteiger partial charge in [0.2, 0.25) is 0 Å². The van der Waals surface area contributed by atoms with Gasteiger partial charge in [0, 0.05) is 48.9 Å². The van der Waals surface area contributed by atoms with Gasteiger partial charge in [0.15, 0.2) is 0 Å². The molecule has 3 aliphatic rings. The molecular weight excluding hydrogens is 342 g/mol. The highest BCUT2D eigenvalue weighted by Gasteiger charge is 2.44. The molecule has 3 atom stereocenters. The first-order chi connectivity index (χ1) is 12.9. The van der Waals surface area contributed by atoms with Gasteiger partial charge in [-0.15, -0.1) is 0 Å². The summed E-state index contributed by atoms with van der Waals surface area (Å²) < 4.78 is 0. The van der Waals surface area contributed by atoms with Crippen LogP contribution in [0, 0.1) is 5.92 Å². The van der Waals surface area contributed by atoms with Gasteiger partial charge in [-0.2, -0.15) is 0 Å². The molecule has 0 radical (unpaired) electrons. The fourth-order valence-corrected chi connectivity index (χ4v) is 5.19. The van der Waals surface area contributed by atoms with E-state index in [4.69, 9.17) is 0 Å². The third-order valence-electron chi connectivity index (χ3n) is 6.66. The lowest BCUT2D eigenvalue weighted by Gasteiger charge is -2.43. The number of likely N-dealkylation sites (tertiary alicyclic amines) is 1. The Morgan fingerprint density at radius 2 is 2.07 bits per heavy atom. The standard InChI is InChI=1S/C21H29N3O3/c1-21(27)11-4-3-8-16(21)18-10-6-12-24(18)20(26)22-17-9-5-7-14-15(17)13-23(2)19(14)25/h5,7,9,16,18,27H,3-4,6,8,10-13H2,1-2H3,(H,22,26). The zero-order valence-corrected chi connectivity index (χ0v) is 16.2. The Balaban J connectivity index is 1.53. The van der Waals surface area contributed by atoms with E-state index in [1.807, 2.05) is 30.0 Å². The second-order valence-corrected chi connectivity index (χ2v) is 8.54. The molecule has 6 nitrogen and oxygen atoms in total. The van der Waals surface area contributed by atoms with E-state index in [1.165, 1.54) is 0 Å². The second-order valence-electron chi connectivity index (χ2n) is 8.54. The number of rotatable bonds is 2. The molecule has 1 aromatic carbocycles. The minimum atomic E-state index is -0.699. The Labute approximate surface area is 160 Å². The van der Waals surface area contributed by atoms with Crippen LogP contribution in [0.15, 0.2) is 18.2 Å². The van der Waals surface area contributed by atoms with E-state index in [1.54, 1.807) is 11.9 Å². The molecule has 2 aliphatic heterocycles. The highest BCUT2D eigenvalue weighted by atomic mass is 16.3. The van der Waals surface area contributed by atoms with Crippen LogP contribution in [0.1, 0.15) is 61.4 Å². The Bertz CT molecular complexity index is 761. The number of anilines is 1. The molecule has 1 saturated heterocycles. The van der Waals surface area contributed by atoms with Gasteiger partial charge in [0.05, 0.1) is 5.60 Å². The Morgan fingerprint density at radius 1 is 1.26 bits per heavy atom. The predicted octanol–water partition coefficient (Wildman–Crippen LogP) is 3.21. The van der Waals surface area contributed by atoms with Gasteiger partial charge in [-0.1, -0.05) is 18.9 Å². The van der Waals surface area contributed by atoms with Crippen molar-refractivity contribution >= 4 is 17.6 Å². The number of fused-ring (bicyclic) bond motifs is 1. The van der Waals surface area contributed by atoms with Crippen molar-refractivity contribution in [2.24, 2.45) is 5.92 Å². The molecule has 2 N–H and O–H groups in total. The molecule has 3 unspecified atom stereocenters. The van der Waals surface area contributed by atoms with E-state index in [0.717, 1.165) is 56.3 Å². The summed E-state index contributed by atoms with van der Waals surface area (Å²) in [6.45, 7) is 3.17. The van der Waals surface area contributed by atoms with Crippen molar-refractivity contribution in [3.63, 3.8) is 0 Å². The minimum absolute atomic E-state index is 0.00148. The third kappa shape index (κ3) is 3.20. The van der Waals surface area contributed by atoms with Gasteiger partial charge in [-0.3, -0.25) is 4.79 Å². The molecule has 4 rings (SSSR count). The Hall–Kier alpha value is -2.08. The first-order valence-corrected chi connectivity index (χ1v) is 10.1. The molecule has 1 aromatic rings. The summed E-state index contributed by atoms with van der Waals surface area (Å²) in [4.78, 5) is 28.8. The molecule has 1 saturated carbocycles. The van der Waals surface area contributed by atoms with Crippen LogP contribution in [-0.4, -0.2) is 52.1 Å². The average Bonchev–Trinajstić information content (AvgIpc) is 3.21. The van der Waals surface area contributed by atoms with E-state index in [9.17, 15) is 14.7 Å². The molecule has 6 heteroatoms. The summed E-state index contributed by atoms with van der Waals surface area (Å²) in [6.07, 6.45) is 5.88. The molecule has 27 heavy (non-hydrogen) atoms. The zero-order valence-electron chi connectivity index (χ0n) is 16.2. The summed E-state index contributed by atoms with van der Waals surface area (Å²) in [5, 5.41) is 13.9. The number of carbonyl (C=O) groups excluding carboxylic acids is 2. The molecule has 1 aliphatic carbocycles. The quantitative estimate of drug-likeness (QED) is 0.838. The van der Waals surface area contributed by atoms with Crippen LogP contribution in [-0.2, 0) is 6.54 Å². The van der Waals surface area contributed by atoms with Crippen LogP contribution < -0.4 is 5.32 Å². The average molecular weight is 371 g/mol. The fourth-order valence-electron chi connectivity index (χ4n) is 5.19. The number of aliphatic hydroxyl groups is 1. The smallest absolute Gasteiger partial charge is 0.322 e. The molecule has 0 spiro atoms.